The van der Waals surface area contributed by atoms with Crippen LogP contribution in [0.3, 0.4) is 0 Å². The number of thiophene rings is 1. The summed E-state index contributed by atoms with van der Waals surface area (Å²) in [4.78, 5) is 15.7. The zero-order chi connectivity index (χ0) is 17.8. The zero-order valence-electron chi connectivity index (χ0n) is 14.6. The first-order chi connectivity index (χ1) is 12.1. The Morgan fingerprint density at radius 2 is 2.20 bits per heavy atom. The van der Waals surface area contributed by atoms with Crippen molar-refractivity contribution >= 4 is 28.2 Å². The maximum absolute atomic E-state index is 12.4. The van der Waals surface area contributed by atoms with Gasteiger partial charge in [-0.3, -0.25) is 4.79 Å². The normalized spacial score (nSPS) is 12.5. The molecule has 0 radical (unpaired) electrons. The number of carbonyl (C=O) groups is 1. The predicted octanol–water partition coefficient (Wildman–Crippen LogP) is 3.46. The van der Waals surface area contributed by atoms with Gasteiger partial charge < -0.3 is 19.4 Å². The molecule has 5 nitrogen and oxygen atoms in total. The highest BCUT2D eigenvalue weighted by Gasteiger charge is 2.17. The highest BCUT2D eigenvalue weighted by Crippen LogP contribution is 2.26. The number of hydrogen-bond acceptors (Lipinski definition) is 5. The van der Waals surface area contributed by atoms with Crippen LogP contribution in [-0.4, -0.2) is 38.6 Å². The number of fused-ring (bicyclic) bond motifs is 1. The molecule has 3 rings (SSSR count). The minimum absolute atomic E-state index is 0.0121. The van der Waals surface area contributed by atoms with E-state index in [1.165, 1.54) is 4.88 Å². The van der Waals surface area contributed by atoms with Crippen LogP contribution >= 0.6 is 11.3 Å². The van der Waals surface area contributed by atoms with Gasteiger partial charge >= 0.3 is 0 Å². The molecule has 0 spiro atoms. The van der Waals surface area contributed by atoms with E-state index in [1.807, 2.05) is 38.4 Å². The van der Waals surface area contributed by atoms with Gasteiger partial charge in [-0.1, -0.05) is 6.07 Å². The highest BCUT2D eigenvalue weighted by molar-refractivity contribution is 7.10. The molecule has 3 aromatic rings. The van der Waals surface area contributed by atoms with E-state index >= 15 is 0 Å². The number of furan rings is 1. The molecule has 2 heterocycles. The number of ether oxygens (including phenoxy) is 1. The molecule has 0 aliphatic heterocycles. The van der Waals surface area contributed by atoms with E-state index < -0.39 is 0 Å². The van der Waals surface area contributed by atoms with Gasteiger partial charge in [0.25, 0.3) is 0 Å². The number of rotatable bonds is 7. The first-order valence-electron chi connectivity index (χ1n) is 8.09. The molecule has 1 aromatic carbocycles. The van der Waals surface area contributed by atoms with Crippen molar-refractivity contribution in [3.63, 3.8) is 0 Å². The van der Waals surface area contributed by atoms with Gasteiger partial charge in [0.1, 0.15) is 11.3 Å². The summed E-state index contributed by atoms with van der Waals surface area (Å²) in [6.45, 7) is 0.579. The monoisotopic (exact) mass is 358 g/mol. The Balaban J connectivity index is 1.64. The molecular weight excluding hydrogens is 336 g/mol. The number of hydrogen-bond donors (Lipinski definition) is 1. The lowest BCUT2D eigenvalue weighted by Gasteiger charge is -2.23. The molecule has 0 aliphatic rings. The third-order valence-corrected chi connectivity index (χ3v) is 5.17. The summed E-state index contributed by atoms with van der Waals surface area (Å²) in [6, 6.07) is 9.93. The molecule has 6 heteroatoms. The SMILES string of the molecule is COc1ccc2c(CC(=O)NC[C@@H](c3cccs3)N(C)C)coc2c1. The fourth-order valence-corrected chi connectivity index (χ4v) is 3.71. The number of carbonyl (C=O) groups excluding carboxylic acids is 1. The summed E-state index contributed by atoms with van der Waals surface area (Å²) in [5, 5.41) is 6.04. The Bertz CT molecular complexity index is 840. The summed E-state index contributed by atoms with van der Waals surface area (Å²) >= 11 is 1.70. The Kier molecular flexibility index (Phi) is 5.40. The Labute approximate surface area is 151 Å². The molecule has 25 heavy (non-hydrogen) atoms. The van der Waals surface area contributed by atoms with Gasteiger partial charge in [-0.05, 0) is 37.7 Å². The van der Waals surface area contributed by atoms with Crippen LogP contribution in [0.1, 0.15) is 16.5 Å². The molecule has 0 aliphatic carbocycles. The Morgan fingerprint density at radius 1 is 1.36 bits per heavy atom. The summed E-state index contributed by atoms with van der Waals surface area (Å²) in [5.41, 5.74) is 1.61. The van der Waals surface area contributed by atoms with Gasteiger partial charge in [-0.2, -0.15) is 0 Å². The van der Waals surface area contributed by atoms with Gasteiger partial charge in [-0.15, -0.1) is 11.3 Å². The van der Waals surface area contributed by atoms with Crippen LogP contribution in [0.2, 0.25) is 0 Å². The van der Waals surface area contributed by atoms with Gasteiger partial charge in [0.15, 0.2) is 0 Å². The topological polar surface area (TPSA) is 54.7 Å². The standard InChI is InChI=1S/C19H22N2O3S/c1-21(2)16(18-5-4-8-25-18)11-20-19(22)9-13-12-24-17-10-14(23-3)6-7-15(13)17/h4-8,10,12,16H,9,11H2,1-3H3,(H,20,22)/t16-/m0/s1. The largest absolute Gasteiger partial charge is 0.497 e. The molecular formula is C19H22N2O3S. The van der Waals surface area contributed by atoms with Crippen molar-refractivity contribution in [1.29, 1.82) is 0 Å². The highest BCUT2D eigenvalue weighted by atomic mass is 32.1. The second kappa shape index (κ2) is 7.72. The first kappa shape index (κ1) is 17.5. The maximum atomic E-state index is 12.4. The lowest BCUT2D eigenvalue weighted by Crippen LogP contribution is -2.34. The second-order valence-corrected chi connectivity index (χ2v) is 7.08. The molecule has 0 unspecified atom stereocenters. The number of nitrogens with zero attached hydrogens (tertiary/aromatic N) is 1. The van der Waals surface area contributed by atoms with Crippen molar-refractivity contribution in [2.45, 2.75) is 12.5 Å². The van der Waals surface area contributed by atoms with Crippen molar-refractivity contribution in [3.8, 4) is 5.75 Å². The lowest BCUT2D eigenvalue weighted by molar-refractivity contribution is -0.120. The summed E-state index contributed by atoms with van der Waals surface area (Å²) in [7, 11) is 5.66. The van der Waals surface area contributed by atoms with Crippen LogP contribution in [-0.2, 0) is 11.2 Å². The minimum atomic E-state index is -0.0121. The number of methoxy groups -OCH3 is 1. The van der Waals surface area contributed by atoms with E-state index in [9.17, 15) is 4.79 Å². The summed E-state index contributed by atoms with van der Waals surface area (Å²) < 4.78 is 10.7. The molecule has 1 N–H and O–H groups in total. The van der Waals surface area contributed by atoms with Gasteiger partial charge in [0, 0.05) is 28.4 Å². The third-order valence-electron chi connectivity index (χ3n) is 4.20. The third kappa shape index (κ3) is 4.03. The van der Waals surface area contributed by atoms with Gasteiger partial charge in [0.2, 0.25) is 5.91 Å². The van der Waals surface area contributed by atoms with Crippen molar-refractivity contribution in [2.75, 3.05) is 27.7 Å². The lowest BCUT2D eigenvalue weighted by atomic mass is 10.1. The molecule has 0 fully saturated rings. The van der Waals surface area contributed by atoms with Crippen LogP contribution < -0.4 is 10.1 Å². The van der Waals surface area contributed by atoms with Crippen LogP contribution in [0.25, 0.3) is 11.0 Å². The predicted molar refractivity (Wildman–Crippen MR) is 100 cm³/mol. The molecule has 0 bridgehead atoms. The average molecular weight is 358 g/mol. The molecule has 132 valence electrons. The van der Waals surface area contributed by atoms with E-state index in [1.54, 1.807) is 24.7 Å². The van der Waals surface area contributed by atoms with Crippen molar-refractivity contribution < 1.29 is 13.9 Å². The fourth-order valence-electron chi connectivity index (χ4n) is 2.79. The molecule has 2 aromatic heterocycles. The van der Waals surface area contributed by atoms with E-state index in [4.69, 9.17) is 9.15 Å². The summed E-state index contributed by atoms with van der Waals surface area (Å²) in [6.07, 6.45) is 1.94. The maximum Gasteiger partial charge on any atom is 0.224 e. The fraction of sp³-hybridized carbons (Fsp3) is 0.316. The van der Waals surface area contributed by atoms with Gasteiger partial charge in [0.05, 0.1) is 25.8 Å². The quantitative estimate of drug-likeness (QED) is 0.703. The van der Waals surface area contributed by atoms with Gasteiger partial charge in [-0.25, -0.2) is 0 Å². The Morgan fingerprint density at radius 3 is 2.88 bits per heavy atom. The van der Waals surface area contributed by atoms with Crippen molar-refractivity contribution in [2.24, 2.45) is 0 Å². The summed E-state index contributed by atoms with van der Waals surface area (Å²) in [5.74, 6) is 0.726. The van der Waals surface area contributed by atoms with E-state index in [0.717, 1.165) is 22.3 Å². The average Bonchev–Trinajstić information content (AvgIpc) is 3.25. The van der Waals surface area contributed by atoms with Crippen LogP contribution in [0.4, 0.5) is 0 Å². The number of nitrogens with one attached hydrogen (secondary N) is 1. The van der Waals surface area contributed by atoms with E-state index in [0.29, 0.717) is 13.0 Å². The molecule has 1 amide bonds. The number of likely N-dealkylation sites (N-methyl/N-ethyl adjacent to an activating group) is 1. The first-order valence-corrected chi connectivity index (χ1v) is 8.97. The van der Waals surface area contributed by atoms with Crippen LogP contribution in [0, 0.1) is 0 Å². The minimum Gasteiger partial charge on any atom is -0.497 e. The smallest absolute Gasteiger partial charge is 0.224 e. The zero-order valence-corrected chi connectivity index (χ0v) is 15.4. The van der Waals surface area contributed by atoms with Crippen molar-refractivity contribution in [1.82, 2.24) is 10.2 Å². The van der Waals surface area contributed by atoms with Crippen molar-refractivity contribution in [3.05, 3.63) is 52.4 Å². The second-order valence-electron chi connectivity index (χ2n) is 6.10. The molecule has 0 saturated heterocycles. The van der Waals surface area contributed by atoms with E-state index in [-0.39, 0.29) is 11.9 Å². The van der Waals surface area contributed by atoms with Crippen LogP contribution in [0.5, 0.6) is 5.75 Å². The van der Waals surface area contributed by atoms with E-state index in [2.05, 4.69) is 21.7 Å². The molecule has 1 atom stereocenters. The number of amides is 1. The number of benzene rings is 1. The Hall–Kier alpha value is -2.31. The molecule has 0 saturated carbocycles. The van der Waals surface area contributed by atoms with Crippen LogP contribution in [0.15, 0.2) is 46.4 Å².